The van der Waals surface area contributed by atoms with Crippen LogP contribution >= 0.6 is 0 Å². The Balaban J connectivity index is 0.000000383. The van der Waals surface area contributed by atoms with Gasteiger partial charge in [0.25, 0.3) is 0 Å². The number of aromatic nitrogens is 2. The summed E-state index contributed by atoms with van der Waals surface area (Å²) in [6, 6.07) is 15.3. The molecule has 0 radical (unpaired) electrons. The molecule has 0 unspecified atom stereocenters. The number of nitrogens with zero attached hydrogens (tertiary/aromatic N) is 1. The molecule has 4 rings (SSSR count). The Morgan fingerprint density at radius 3 is 2.33 bits per heavy atom. The molecule has 1 fully saturated rings. The number of ether oxygens (including phenoxy) is 1. The lowest BCUT2D eigenvalue weighted by Crippen LogP contribution is -2.32. The van der Waals surface area contributed by atoms with Gasteiger partial charge in [-0.15, -0.1) is 0 Å². The number of carboxylic acids is 1. The van der Waals surface area contributed by atoms with E-state index in [1.54, 1.807) is 6.33 Å². The maximum atomic E-state index is 10.6. The lowest BCUT2D eigenvalue weighted by Gasteiger charge is -2.16. The summed E-state index contributed by atoms with van der Waals surface area (Å²) in [5.41, 5.74) is 4.43. The van der Waals surface area contributed by atoms with Gasteiger partial charge in [-0.05, 0) is 48.2 Å². The van der Waals surface area contributed by atoms with Gasteiger partial charge in [0, 0.05) is 12.6 Å². The summed E-state index contributed by atoms with van der Waals surface area (Å²) in [6.07, 6.45) is 4.80. The maximum absolute atomic E-state index is 10.6. The van der Waals surface area contributed by atoms with E-state index in [2.05, 4.69) is 51.7 Å². The van der Waals surface area contributed by atoms with Gasteiger partial charge in [0.1, 0.15) is 12.4 Å². The first kappa shape index (κ1) is 24.6. The normalized spacial score (nSPS) is 14.9. The number of hydrogen-bond acceptors (Lipinski definition) is 4. The molecule has 0 saturated heterocycles. The first-order chi connectivity index (χ1) is 15.8. The number of nitrogens with one attached hydrogen (secondary N) is 2. The molecule has 178 valence electrons. The molecule has 1 aliphatic carbocycles. The number of carboxylic acid groups (broad SMARTS) is 1. The third kappa shape index (κ3) is 7.78. The average Bonchev–Trinajstić information content (AvgIpc) is 3.11. The van der Waals surface area contributed by atoms with E-state index in [-0.39, 0.29) is 0 Å². The summed E-state index contributed by atoms with van der Waals surface area (Å²) in [7, 11) is 0. The number of aromatic amines is 1. The molecule has 1 saturated carbocycles. The molecule has 6 nitrogen and oxygen atoms in total. The summed E-state index contributed by atoms with van der Waals surface area (Å²) in [5, 5.41) is 10.8. The van der Waals surface area contributed by atoms with Crippen LogP contribution in [0.3, 0.4) is 0 Å². The molecule has 3 aromatic rings. The molecule has 1 aromatic heterocycles. The highest BCUT2D eigenvalue weighted by Gasteiger charge is 2.38. The molecule has 1 heterocycles. The van der Waals surface area contributed by atoms with Crippen molar-refractivity contribution in [1.82, 2.24) is 15.3 Å². The van der Waals surface area contributed by atoms with Gasteiger partial charge < -0.3 is 20.1 Å². The molecule has 0 amide bonds. The fourth-order valence-electron chi connectivity index (χ4n) is 3.77. The highest BCUT2D eigenvalue weighted by molar-refractivity contribution is 5.81. The highest BCUT2D eigenvalue weighted by atomic mass is 19.4. The summed E-state index contributed by atoms with van der Waals surface area (Å²) >= 11 is 0. The number of imidazole rings is 1. The van der Waals surface area contributed by atoms with Crippen molar-refractivity contribution in [2.75, 3.05) is 13.2 Å². The summed E-state index contributed by atoms with van der Waals surface area (Å²) in [4.78, 5) is 16.3. The fourth-order valence-corrected chi connectivity index (χ4v) is 3.77. The lowest BCUT2D eigenvalue weighted by molar-refractivity contribution is -0.192. The Morgan fingerprint density at radius 2 is 1.70 bits per heavy atom. The first-order valence-corrected chi connectivity index (χ1v) is 11.0. The Hall–Kier alpha value is -3.07. The van der Waals surface area contributed by atoms with Crippen LogP contribution in [-0.4, -0.2) is 46.4 Å². The van der Waals surface area contributed by atoms with E-state index in [0.717, 1.165) is 29.9 Å². The largest absolute Gasteiger partial charge is 0.492 e. The number of fused-ring (bicyclic) bond motifs is 1. The van der Waals surface area contributed by atoms with Gasteiger partial charge in [0.15, 0.2) is 0 Å². The number of benzene rings is 2. The number of H-pyrrole nitrogens is 1. The van der Waals surface area contributed by atoms with Crippen LogP contribution in [0.5, 0.6) is 5.75 Å². The van der Waals surface area contributed by atoms with E-state index >= 15 is 0 Å². The Labute approximate surface area is 190 Å². The van der Waals surface area contributed by atoms with E-state index < -0.39 is 12.1 Å². The Bertz CT molecular complexity index is 1010. The van der Waals surface area contributed by atoms with E-state index in [0.29, 0.717) is 6.04 Å². The van der Waals surface area contributed by atoms with Crippen molar-refractivity contribution in [3.63, 3.8) is 0 Å². The first-order valence-electron chi connectivity index (χ1n) is 11.0. The van der Waals surface area contributed by atoms with Crippen LogP contribution in [0.15, 0.2) is 48.8 Å². The van der Waals surface area contributed by atoms with Crippen molar-refractivity contribution < 1.29 is 27.8 Å². The van der Waals surface area contributed by atoms with Gasteiger partial charge in [0.2, 0.25) is 0 Å². The average molecular weight is 464 g/mol. The molecule has 3 N–H and O–H groups in total. The molecular formula is C24H28F3N3O3. The van der Waals surface area contributed by atoms with Gasteiger partial charge in [0.05, 0.1) is 17.4 Å². The summed E-state index contributed by atoms with van der Waals surface area (Å²) < 4.78 is 37.6. The number of alkyl halides is 3. The summed E-state index contributed by atoms with van der Waals surface area (Å²) in [6.45, 7) is 1.64. The number of carbonyl (C=O) groups is 1. The second-order valence-corrected chi connectivity index (χ2v) is 7.95. The molecular weight excluding hydrogens is 435 g/mol. The molecule has 0 atom stereocenters. The van der Waals surface area contributed by atoms with Crippen LogP contribution in [0.25, 0.3) is 22.2 Å². The fraction of sp³-hybridized carbons (Fsp3) is 0.417. The predicted octanol–water partition coefficient (Wildman–Crippen LogP) is 5.55. The van der Waals surface area contributed by atoms with Gasteiger partial charge in [-0.25, -0.2) is 9.78 Å². The van der Waals surface area contributed by atoms with Crippen LogP contribution < -0.4 is 10.1 Å². The molecule has 1 aliphatic rings. The quantitative estimate of drug-likeness (QED) is 0.329. The van der Waals surface area contributed by atoms with Crippen LogP contribution in [0, 0.1) is 0 Å². The van der Waals surface area contributed by atoms with Crippen molar-refractivity contribution in [2.45, 2.75) is 50.7 Å². The Morgan fingerprint density at radius 1 is 1.06 bits per heavy atom. The SMILES string of the molecule is O=C(O)C(F)(F)F.c1nc2ccc(-c3ccc(OCCNC4CCCCCC4)cc3)cc2[nH]1. The maximum Gasteiger partial charge on any atom is 0.490 e. The zero-order chi connectivity index (χ0) is 23.7. The third-order valence-electron chi connectivity index (χ3n) is 5.51. The molecule has 33 heavy (non-hydrogen) atoms. The van der Waals surface area contributed by atoms with Crippen LogP contribution in [0.2, 0.25) is 0 Å². The summed E-state index contributed by atoms with van der Waals surface area (Å²) in [5.74, 6) is -1.83. The van der Waals surface area contributed by atoms with Gasteiger partial charge in [-0.1, -0.05) is 43.9 Å². The van der Waals surface area contributed by atoms with Gasteiger partial charge in [-0.3, -0.25) is 0 Å². The number of rotatable bonds is 6. The molecule has 2 aromatic carbocycles. The molecule has 9 heteroatoms. The van der Waals surface area contributed by atoms with E-state index in [4.69, 9.17) is 14.6 Å². The monoisotopic (exact) mass is 463 g/mol. The van der Waals surface area contributed by atoms with Gasteiger partial charge >= 0.3 is 12.1 Å². The minimum absolute atomic E-state index is 0.681. The second-order valence-electron chi connectivity index (χ2n) is 7.95. The zero-order valence-corrected chi connectivity index (χ0v) is 18.2. The van der Waals surface area contributed by atoms with E-state index in [1.165, 1.54) is 49.7 Å². The second kappa shape index (κ2) is 11.7. The van der Waals surface area contributed by atoms with E-state index in [9.17, 15) is 13.2 Å². The topological polar surface area (TPSA) is 87.2 Å². The zero-order valence-electron chi connectivity index (χ0n) is 18.2. The number of halogens is 3. The Kier molecular flexibility index (Phi) is 8.71. The standard InChI is InChI=1S/C22H27N3O.C2HF3O2/c1-2-4-6-19(5-3-1)23-13-14-26-20-10-7-17(8-11-20)18-9-12-21-22(15-18)25-16-24-21;3-2(4,5)1(6)7/h7-12,15-16,19,23H,1-6,13-14H2,(H,24,25);(H,6,7). The third-order valence-corrected chi connectivity index (χ3v) is 5.51. The number of aliphatic carboxylic acids is 1. The number of hydrogen-bond donors (Lipinski definition) is 3. The van der Waals surface area contributed by atoms with Crippen molar-refractivity contribution in [2.24, 2.45) is 0 Å². The van der Waals surface area contributed by atoms with Crippen molar-refractivity contribution in [3.05, 3.63) is 48.8 Å². The van der Waals surface area contributed by atoms with Crippen molar-refractivity contribution in [3.8, 4) is 16.9 Å². The molecule has 0 aliphatic heterocycles. The van der Waals surface area contributed by atoms with Crippen LogP contribution in [-0.2, 0) is 4.79 Å². The van der Waals surface area contributed by atoms with Gasteiger partial charge in [-0.2, -0.15) is 13.2 Å². The molecule has 0 spiro atoms. The molecule has 0 bridgehead atoms. The highest BCUT2D eigenvalue weighted by Crippen LogP contribution is 2.25. The predicted molar refractivity (Wildman–Crippen MR) is 120 cm³/mol. The smallest absolute Gasteiger partial charge is 0.490 e. The minimum Gasteiger partial charge on any atom is -0.492 e. The minimum atomic E-state index is -5.08. The van der Waals surface area contributed by atoms with Crippen LogP contribution in [0.4, 0.5) is 13.2 Å². The van der Waals surface area contributed by atoms with E-state index in [1.807, 2.05) is 6.07 Å². The van der Waals surface area contributed by atoms with Crippen molar-refractivity contribution >= 4 is 17.0 Å². The van der Waals surface area contributed by atoms with Crippen molar-refractivity contribution in [1.29, 1.82) is 0 Å². The van der Waals surface area contributed by atoms with Crippen LogP contribution in [0.1, 0.15) is 38.5 Å². The lowest BCUT2D eigenvalue weighted by atomic mass is 10.1.